The Bertz CT molecular complexity index is 861. The maximum atomic E-state index is 6.56. The standard InChI is InChI=1S/C21H21N3/c22-21-19(16-10-4-1-5-11-16)20(17-12-6-2-7-13-17)23-24(21)18-14-8-3-9-15-18/h2-3,6-10,12-15H,1,4-5,11,22H2. The van der Waals surface area contributed by atoms with E-state index in [1.165, 1.54) is 18.4 Å². The van der Waals surface area contributed by atoms with Gasteiger partial charge in [-0.25, -0.2) is 4.68 Å². The SMILES string of the molecule is Nc1c(C2=CCCCC2)c(-c2ccccc2)nn1-c1ccccc1. The Morgan fingerprint density at radius 2 is 1.58 bits per heavy atom. The molecule has 0 aliphatic heterocycles. The van der Waals surface area contributed by atoms with Gasteiger partial charge in [0.25, 0.3) is 0 Å². The molecule has 0 amide bonds. The smallest absolute Gasteiger partial charge is 0.135 e. The van der Waals surface area contributed by atoms with Gasteiger partial charge in [0.05, 0.1) is 5.69 Å². The number of benzene rings is 2. The highest BCUT2D eigenvalue weighted by Gasteiger charge is 2.21. The van der Waals surface area contributed by atoms with Crippen molar-refractivity contribution in [2.75, 3.05) is 5.73 Å². The molecule has 2 N–H and O–H groups in total. The summed E-state index contributed by atoms with van der Waals surface area (Å²) in [5, 5.41) is 4.88. The number of rotatable bonds is 3. The van der Waals surface area contributed by atoms with Gasteiger partial charge in [-0.2, -0.15) is 5.10 Å². The van der Waals surface area contributed by atoms with Gasteiger partial charge >= 0.3 is 0 Å². The van der Waals surface area contributed by atoms with E-state index in [9.17, 15) is 0 Å². The Labute approximate surface area is 142 Å². The van der Waals surface area contributed by atoms with Gasteiger partial charge in [0.2, 0.25) is 0 Å². The quantitative estimate of drug-likeness (QED) is 0.732. The predicted molar refractivity (Wildman–Crippen MR) is 99.9 cm³/mol. The van der Waals surface area contributed by atoms with Gasteiger partial charge in [-0.05, 0) is 43.4 Å². The van der Waals surface area contributed by atoms with Gasteiger partial charge in [-0.3, -0.25) is 0 Å². The summed E-state index contributed by atoms with van der Waals surface area (Å²) in [6.07, 6.45) is 7.01. The highest BCUT2D eigenvalue weighted by molar-refractivity contribution is 5.86. The van der Waals surface area contributed by atoms with Gasteiger partial charge in [-0.1, -0.05) is 54.6 Å². The van der Waals surface area contributed by atoms with Gasteiger partial charge in [0.15, 0.2) is 0 Å². The van der Waals surface area contributed by atoms with Crippen LogP contribution in [0.4, 0.5) is 5.82 Å². The number of nitrogens with zero attached hydrogens (tertiary/aromatic N) is 2. The largest absolute Gasteiger partial charge is 0.383 e. The maximum Gasteiger partial charge on any atom is 0.135 e. The lowest BCUT2D eigenvalue weighted by molar-refractivity contribution is 0.742. The van der Waals surface area contributed by atoms with Gasteiger partial charge < -0.3 is 5.73 Å². The van der Waals surface area contributed by atoms with E-state index in [1.54, 1.807) is 0 Å². The minimum Gasteiger partial charge on any atom is -0.383 e. The first-order valence-electron chi connectivity index (χ1n) is 8.53. The van der Waals surface area contributed by atoms with Crippen molar-refractivity contribution in [1.29, 1.82) is 0 Å². The summed E-state index contributed by atoms with van der Waals surface area (Å²) in [7, 11) is 0. The fourth-order valence-electron chi connectivity index (χ4n) is 3.38. The zero-order chi connectivity index (χ0) is 16.4. The second kappa shape index (κ2) is 6.36. The summed E-state index contributed by atoms with van der Waals surface area (Å²) < 4.78 is 1.87. The minimum absolute atomic E-state index is 0.730. The minimum atomic E-state index is 0.730. The molecule has 0 atom stereocenters. The third-order valence-corrected chi connectivity index (χ3v) is 4.58. The average Bonchev–Trinajstić information content (AvgIpc) is 3.01. The Hall–Kier alpha value is -2.81. The summed E-state index contributed by atoms with van der Waals surface area (Å²) in [6, 6.07) is 20.4. The predicted octanol–water partition coefficient (Wildman–Crippen LogP) is 5.08. The molecular formula is C21H21N3. The van der Waals surface area contributed by atoms with Crippen LogP contribution in [0.15, 0.2) is 66.7 Å². The van der Waals surface area contributed by atoms with Crippen LogP contribution >= 0.6 is 0 Å². The second-order valence-electron chi connectivity index (χ2n) is 6.20. The molecule has 3 heteroatoms. The number of nitrogens with two attached hydrogens (primary N) is 1. The molecule has 0 fully saturated rings. The first-order valence-corrected chi connectivity index (χ1v) is 8.53. The van der Waals surface area contributed by atoms with Crippen molar-refractivity contribution in [2.45, 2.75) is 25.7 Å². The second-order valence-corrected chi connectivity index (χ2v) is 6.20. The number of aromatic nitrogens is 2. The average molecular weight is 315 g/mol. The van der Waals surface area contributed by atoms with E-state index in [0.29, 0.717) is 0 Å². The Morgan fingerprint density at radius 3 is 2.25 bits per heavy atom. The van der Waals surface area contributed by atoms with Crippen molar-refractivity contribution >= 4 is 11.4 Å². The first kappa shape index (κ1) is 14.8. The van der Waals surface area contributed by atoms with Gasteiger partial charge in [-0.15, -0.1) is 0 Å². The molecule has 1 heterocycles. The van der Waals surface area contributed by atoms with Gasteiger partial charge in [0.1, 0.15) is 11.5 Å². The molecule has 1 aliphatic carbocycles. The van der Waals surface area contributed by atoms with Crippen LogP contribution in [0.25, 0.3) is 22.5 Å². The van der Waals surface area contributed by atoms with Crippen molar-refractivity contribution in [1.82, 2.24) is 9.78 Å². The molecule has 3 nitrogen and oxygen atoms in total. The Morgan fingerprint density at radius 1 is 0.875 bits per heavy atom. The third-order valence-electron chi connectivity index (χ3n) is 4.58. The highest BCUT2D eigenvalue weighted by Crippen LogP contribution is 2.38. The third kappa shape index (κ3) is 2.62. The molecule has 2 aromatic carbocycles. The maximum absolute atomic E-state index is 6.56. The van der Waals surface area contributed by atoms with Crippen LogP contribution in [-0.4, -0.2) is 9.78 Å². The van der Waals surface area contributed by atoms with E-state index in [2.05, 4.69) is 18.2 Å². The van der Waals surface area contributed by atoms with E-state index in [0.717, 1.165) is 41.2 Å². The molecular weight excluding hydrogens is 294 g/mol. The molecule has 4 rings (SSSR count). The number of hydrogen-bond donors (Lipinski definition) is 1. The summed E-state index contributed by atoms with van der Waals surface area (Å²) in [5.74, 6) is 0.730. The van der Waals surface area contributed by atoms with Crippen LogP contribution < -0.4 is 5.73 Å². The van der Waals surface area contributed by atoms with Crippen LogP contribution in [0.5, 0.6) is 0 Å². The summed E-state index contributed by atoms with van der Waals surface area (Å²) in [4.78, 5) is 0. The van der Waals surface area contributed by atoms with E-state index >= 15 is 0 Å². The van der Waals surface area contributed by atoms with Crippen LogP contribution in [0.3, 0.4) is 0 Å². The highest BCUT2D eigenvalue weighted by atomic mass is 15.3. The lowest BCUT2D eigenvalue weighted by Gasteiger charge is -2.14. The van der Waals surface area contributed by atoms with E-state index in [4.69, 9.17) is 10.8 Å². The fourth-order valence-corrected chi connectivity index (χ4v) is 3.38. The van der Waals surface area contributed by atoms with E-state index in [-0.39, 0.29) is 0 Å². The topological polar surface area (TPSA) is 43.8 Å². The molecule has 0 bridgehead atoms. The summed E-state index contributed by atoms with van der Waals surface area (Å²) in [6.45, 7) is 0. The number of allylic oxidation sites excluding steroid dienone is 2. The lowest BCUT2D eigenvalue weighted by Crippen LogP contribution is -2.03. The van der Waals surface area contributed by atoms with Crippen molar-refractivity contribution in [3.63, 3.8) is 0 Å². The number of para-hydroxylation sites is 1. The van der Waals surface area contributed by atoms with Crippen LogP contribution in [0.2, 0.25) is 0 Å². The van der Waals surface area contributed by atoms with Crippen molar-refractivity contribution in [3.05, 3.63) is 72.3 Å². The molecule has 0 radical (unpaired) electrons. The molecule has 0 saturated heterocycles. The zero-order valence-electron chi connectivity index (χ0n) is 13.7. The van der Waals surface area contributed by atoms with Crippen molar-refractivity contribution in [2.24, 2.45) is 0 Å². The van der Waals surface area contributed by atoms with Crippen molar-refractivity contribution in [3.8, 4) is 16.9 Å². The first-order chi connectivity index (χ1) is 11.8. The number of anilines is 1. The summed E-state index contributed by atoms with van der Waals surface area (Å²) in [5.41, 5.74) is 12.1. The number of hydrogen-bond acceptors (Lipinski definition) is 2. The Balaban J connectivity index is 1.93. The van der Waals surface area contributed by atoms with E-state index in [1.807, 2.05) is 53.2 Å². The molecule has 120 valence electrons. The zero-order valence-corrected chi connectivity index (χ0v) is 13.7. The molecule has 0 saturated carbocycles. The molecule has 0 unspecified atom stereocenters. The molecule has 0 spiro atoms. The Kier molecular flexibility index (Phi) is 3.91. The van der Waals surface area contributed by atoms with Crippen LogP contribution in [-0.2, 0) is 0 Å². The number of nitrogen functional groups attached to an aromatic ring is 1. The molecule has 1 aromatic heterocycles. The van der Waals surface area contributed by atoms with Crippen LogP contribution in [0.1, 0.15) is 31.2 Å². The fraction of sp³-hybridized carbons (Fsp3) is 0.190. The molecule has 24 heavy (non-hydrogen) atoms. The molecule has 3 aromatic rings. The molecule has 1 aliphatic rings. The normalized spacial score (nSPS) is 14.4. The van der Waals surface area contributed by atoms with Crippen LogP contribution in [0, 0.1) is 0 Å². The summed E-state index contributed by atoms with van der Waals surface area (Å²) >= 11 is 0. The monoisotopic (exact) mass is 315 g/mol. The van der Waals surface area contributed by atoms with Gasteiger partial charge in [0, 0.05) is 11.1 Å². The lowest BCUT2D eigenvalue weighted by atomic mass is 9.92. The van der Waals surface area contributed by atoms with Crippen molar-refractivity contribution < 1.29 is 0 Å². The van der Waals surface area contributed by atoms with E-state index < -0.39 is 0 Å².